The van der Waals surface area contributed by atoms with Crippen molar-refractivity contribution in [2.45, 2.75) is 104 Å². The first-order chi connectivity index (χ1) is 40.8. The molecule has 4 bridgehead atoms. The molecule has 444 valence electrons. The van der Waals surface area contributed by atoms with Crippen LogP contribution in [0.3, 0.4) is 0 Å². The van der Waals surface area contributed by atoms with Crippen LogP contribution in [0.15, 0.2) is 131 Å². The van der Waals surface area contributed by atoms with E-state index in [0.29, 0.717) is 47.3 Å². The lowest BCUT2D eigenvalue weighted by Crippen LogP contribution is -2.28. The second-order valence-corrected chi connectivity index (χ2v) is 50.8. The molecule has 0 aromatic rings. The van der Waals surface area contributed by atoms with Crippen LogP contribution in [0.4, 0.5) is 0 Å². The standard InChI is InChI=1S/C59H64S24/c1-7-9-11-13-23-64-48-50(70-40(68-48)32-19-21-34(38-30-17-15-28(25-30)36(32)38)42-72-52-53(73-42)81-58(80-52)56-76-44(60-3)45(61-4)77-56)66-27-67-51-49(65-24-14-12-10-8-2)69-41(71-51)33-20-22-35(39-31-18-16-29(26-31)37(33)39)43-74-54-55(75-43)83-59(82-54)57-78-46(62-5)47(63-6)79-57/h15-18,28-31,36-39H,7-14,19-27H2,1-6H3/b40-32-,41-33+. The molecule has 0 saturated heterocycles. The summed E-state index contributed by atoms with van der Waals surface area (Å²) in [5.41, 5.74) is 7.26. The van der Waals surface area contributed by atoms with E-state index in [2.05, 4.69) is 251 Å². The molecule has 24 heteroatoms. The van der Waals surface area contributed by atoms with Crippen molar-refractivity contribution in [2.24, 2.45) is 47.3 Å². The summed E-state index contributed by atoms with van der Waals surface area (Å²) in [6.07, 6.45) is 37.8. The van der Waals surface area contributed by atoms with Crippen molar-refractivity contribution in [1.82, 2.24) is 0 Å². The fourth-order valence-electron chi connectivity index (χ4n) is 13.2. The lowest BCUT2D eigenvalue weighted by Gasteiger charge is -2.38. The molecule has 8 heterocycles. The van der Waals surface area contributed by atoms with Gasteiger partial charge >= 0.3 is 0 Å². The predicted molar refractivity (Wildman–Crippen MR) is 427 cm³/mol. The van der Waals surface area contributed by atoms with Crippen molar-refractivity contribution in [3.05, 3.63) is 131 Å². The number of fused-ring (bicyclic) bond motifs is 10. The van der Waals surface area contributed by atoms with Crippen molar-refractivity contribution >= 4 is 282 Å². The maximum absolute atomic E-state index is 2.64. The highest BCUT2D eigenvalue weighted by atomic mass is 32.3. The fourth-order valence-corrected chi connectivity index (χ4v) is 49.7. The lowest BCUT2D eigenvalue weighted by atomic mass is 9.69. The summed E-state index contributed by atoms with van der Waals surface area (Å²) >= 11 is 50.1. The Labute approximate surface area is 597 Å². The summed E-state index contributed by atoms with van der Waals surface area (Å²) in [6, 6.07) is 0. The molecule has 4 fully saturated rings. The average Bonchev–Trinajstić information content (AvgIpc) is 2.74. The molecule has 0 amide bonds. The SMILES string of the molecule is CCCCCCSC1=C(SCSC2=C(SCCCCCC)S/C(=C3/CCC(=C4SC5=C(SC(=C6SC(SC)=C(SC)S6)S5)S4)C4C5C=CC(C5)C34)S2)S/C(=C2/CCC(=C3SC4=C(SC(=C5SC(SC)=C(SC)S5)S4)S3)C3C4C=CC(C4)C23)S1. The number of hydrogen-bond acceptors (Lipinski definition) is 24. The summed E-state index contributed by atoms with van der Waals surface area (Å²) in [4.78, 5) is 0. The molecule has 0 spiro atoms. The minimum Gasteiger partial charge on any atom is -0.121 e. The van der Waals surface area contributed by atoms with Crippen molar-refractivity contribution in [3.63, 3.8) is 0 Å². The van der Waals surface area contributed by atoms with Gasteiger partial charge in [0.15, 0.2) is 0 Å². The summed E-state index contributed by atoms with van der Waals surface area (Å²) in [5.74, 6) is 7.98. The molecule has 14 rings (SSSR count). The molecule has 0 aromatic heterocycles. The number of unbranched alkanes of at least 4 members (excludes halogenated alkanes) is 6. The molecule has 0 nitrogen and oxygen atoms in total. The van der Waals surface area contributed by atoms with E-state index in [1.54, 1.807) is 50.8 Å². The second kappa shape index (κ2) is 30.0. The zero-order chi connectivity index (χ0) is 56.3. The number of thioether (sulfide) groups is 24. The molecule has 0 radical (unpaired) electrons. The quantitative estimate of drug-likeness (QED) is 0.0644. The first-order valence-electron chi connectivity index (χ1n) is 28.6. The number of hydrogen-bond donors (Lipinski definition) is 0. The van der Waals surface area contributed by atoms with E-state index in [9.17, 15) is 0 Å². The molecule has 8 unspecified atom stereocenters. The molecule has 4 saturated carbocycles. The van der Waals surface area contributed by atoms with Gasteiger partial charge in [-0.25, -0.2) is 0 Å². The van der Waals surface area contributed by atoms with Gasteiger partial charge in [0, 0.05) is 5.08 Å². The Morgan fingerprint density at radius 2 is 0.554 bits per heavy atom. The molecule has 14 aliphatic rings. The highest BCUT2D eigenvalue weighted by molar-refractivity contribution is 8.51. The van der Waals surface area contributed by atoms with Gasteiger partial charge in [0.25, 0.3) is 0 Å². The van der Waals surface area contributed by atoms with Gasteiger partial charge in [-0.3, -0.25) is 0 Å². The Morgan fingerprint density at radius 3 is 0.843 bits per heavy atom. The van der Waals surface area contributed by atoms with Gasteiger partial charge in [-0.15, -0.1) is 94.1 Å². The smallest absolute Gasteiger partial charge is 0.0718 e. The van der Waals surface area contributed by atoms with Crippen molar-refractivity contribution < 1.29 is 0 Å². The van der Waals surface area contributed by atoms with Crippen molar-refractivity contribution in [3.8, 4) is 0 Å². The van der Waals surface area contributed by atoms with Crippen LogP contribution in [0.2, 0.25) is 0 Å². The van der Waals surface area contributed by atoms with E-state index in [4.69, 9.17) is 0 Å². The fraction of sp³-hybridized carbons (Fsp3) is 0.525. The van der Waals surface area contributed by atoms with Gasteiger partial charge in [-0.2, -0.15) is 0 Å². The Kier molecular flexibility index (Phi) is 23.5. The van der Waals surface area contributed by atoms with Gasteiger partial charge in [0.1, 0.15) is 0 Å². The topological polar surface area (TPSA) is 0 Å². The minimum absolute atomic E-state index is 0.669. The van der Waals surface area contributed by atoms with E-state index >= 15 is 0 Å². The predicted octanol–water partition coefficient (Wildman–Crippen LogP) is 28.7. The Bertz CT molecular complexity index is 2870. The molecular weight excluding hydrogens is 1480 g/mol. The van der Waals surface area contributed by atoms with E-state index in [0.717, 1.165) is 5.08 Å². The third-order valence-corrected chi connectivity index (χ3v) is 51.4. The molecule has 6 aliphatic carbocycles. The molecular formula is C59H64S24. The van der Waals surface area contributed by atoms with Crippen LogP contribution < -0.4 is 0 Å². The monoisotopic (exact) mass is 1540 g/mol. The van der Waals surface area contributed by atoms with Gasteiger partial charge in [0.2, 0.25) is 0 Å². The van der Waals surface area contributed by atoms with E-state index < -0.39 is 0 Å². The van der Waals surface area contributed by atoms with Crippen LogP contribution in [0, 0.1) is 47.3 Å². The highest BCUT2D eigenvalue weighted by Crippen LogP contribution is 2.76. The summed E-state index contributed by atoms with van der Waals surface area (Å²) in [6.45, 7) is 4.70. The maximum Gasteiger partial charge on any atom is 0.0718 e. The minimum atomic E-state index is 0.669. The van der Waals surface area contributed by atoms with Crippen LogP contribution in [-0.2, 0) is 0 Å². The van der Waals surface area contributed by atoms with E-state index in [1.165, 1.54) is 135 Å². The average molecular weight is 1540 g/mol. The number of allylic oxidation sites excluding steroid dienone is 8. The second-order valence-electron chi connectivity index (χ2n) is 21.5. The van der Waals surface area contributed by atoms with Gasteiger partial charge in [-0.1, -0.05) is 265 Å². The summed E-state index contributed by atoms with van der Waals surface area (Å²) in [5, 5.41) is 1.10. The van der Waals surface area contributed by atoms with Crippen LogP contribution >= 0.6 is 282 Å². The molecule has 0 aromatic carbocycles. The normalized spacial score (nSPS) is 32.7. The van der Waals surface area contributed by atoms with Gasteiger partial charge < -0.3 is 0 Å². The highest BCUT2D eigenvalue weighted by Gasteiger charge is 2.54. The first-order valence-corrected chi connectivity index (χ1v) is 50.5. The third-order valence-electron chi connectivity index (χ3n) is 16.8. The molecule has 83 heavy (non-hydrogen) atoms. The third kappa shape index (κ3) is 13.8. The van der Waals surface area contributed by atoms with Crippen LogP contribution in [-0.4, -0.2) is 41.6 Å². The molecule has 8 aliphatic heterocycles. The maximum atomic E-state index is 2.64. The van der Waals surface area contributed by atoms with Crippen LogP contribution in [0.1, 0.15) is 104 Å². The van der Waals surface area contributed by atoms with E-state index in [-0.39, 0.29) is 0 Å². The van der Waals surface area contributed by atoms with Gasteiger partial charge in [-0.05, 0) is 158 Å². The summed E-state index contributed by atoms with van der Waals surface area (Å²) in [7, 11) is 0. The Hall–Kier alpha value is 4.76. The molecule has 0 N–H and O–H groups in total. The van der Waals surface area contributed by atoms with Crippen molar-refractivity contribution in [2.75, 3.05) is 41.6 Å². The van der Waals surface area contributed by atoms with Crippen LogP contribution in [0.5, 0.6) is 0 Å². The molecule has 8 atom stereocenters. The van der Waals surface area contributed by atoms with Crippen molar-refractivity contribution in [1.29, 1.82) is 0 Å². The van der Waals surface area contributed by atoms with Crippen LogP contribution in [0.25, 0.3) is 0 Å². The lowest BCUT2D eigenvalue weighted by molar-refractivity contribution is 0.360. The Balaban J connectivity index is 0.664. The largest absolute Gasteiger partial charge is 0.121 e. The van der Waals surface area contributed by atoms with E-state index in [1.807, 2.05) is 116 Å². The Morgan fingerprint density at radius 1 is 0.301 bits per heavy atom. The number of rotatable bonds is 20. The van der Waals surface area contributed by atoms with Gasteiger partial charge in [0.05, 0.1) is 84.7 Å². The zero-order valence-corrected chi connectivity index (χ0v) is 66.3. The first kappa shape index (κ1) is 65.1. The summed E-state index contributed by atoms with van der Waals surface area (Å²) < 4.78 is 31.2. The zero-order valence-electron chi connectivity index (χ0n) is 46.7.